The van der Waals surface area contributed by atoms with Crippen molar-refractivity contribution in [2.24, 2.45) is 4.99 Å². The first-order chi connectivity index (χ1) is 14.9. The SMILES string of the molecule is CCOc1ccc2nc(CC3=NC(=O)C(Cc4ccc(C)cc4)=C(C)C3)nc(C)c2c1. The number of aromatic nitrogens is 2. The van der Waals surface area contributed by atoms with Crippen molar-refractivity contribution in [1.82, 2.24) is 9.97 Å². The highest BCUT2D eigenvalue weighted by molar-refractivity contribution is 6.08. The van der Waals surface area contributed by atoms with Gasteiger partial charge in [0.15, 0.2) is 0 Å². The average molecular weight is 414 g/mol. The van der Waals surface area contributed by atoms with E-state index in [-0.39, 0.29) is 5.91 Å². The predicted molar refractivity (Wildman–Crippen MR) is 124 cm³/mol. The van der Waals surface area contributed by atoms with E-state index in [4.69, 9.17) is 9.72 Å². The van der Waals surface area contributed by atoms with Crippen LogP contribution in [0.15, 0.2) is 58.6 Å². The molecule has 0 saturated heterocycles. The third-order valence-electron chi connectivity index (χ3n) is 5.58. The summed E-state index contributed by atoms with van der Waals surface area (Å²) in [6.07, 6.45) is 1.77. The first-order valence-electron chi connectivity index (χ1n) is 10.7. The number of hydrogen-bond donors (Lipinski definition) is 0. The first-order valence-corrected chi connectivity index (χ1v) is 10.7. The summed E-state index contributed by atoms with van der Waals surface area (Å²) < 4.78 is 5.59. The van der Waals surface area contributed by atoms with Crippen molar-refractivity contribution in [1.29, 1.82) is 0 Å². The summed E-state index contributed by atoms with van der Waals surface area (Å²) in [5, 5.41) is 0.979. The van der Waals surface area contributed by atoms with Gasteiger partial charge in [-0.05, 0) is 51.5 Å². The van der Waals surface area contributed by atoms with Crippen LogP contribution in [0.4, 0.5) is 0 Å². The van der Waals surface area contributed by atoms with Gasteiger partial charge in [0, 0.05) is 41.6 Å². The molecule has 0 fully saturated rings. The van der Waals surface area contributed by atoms with E-state index in [0.29, 0.717) is 31.7 Å². The summed E-state index contributed by atoms with van der Waals surface area (Å²) >= 11 is 0. The fourth-order valence-electron chi connectivity index (χ4n) is 3.92. The molecule has 3 aromatic rings. The summed E-state index contributed by atoms with van der Waals surface area (Å²) in [5.74, 6) is 1.37. The topological polar surface area (TPSA) is 64.4 Å². The van der Waals surface area contributed by atoms with Gasteiger partial charge in [-0.1, -0.05) is 35.4 Å². The van der Waals surface area contributed by atoms with Crippen molar-refractivity contribution >= 4 is 22.5 Å². The highest BCUT2D eigenvalue weighted by Gasteiger charge is 2.21. The Morgan fingerprint density at radius 2 is 1.74 bits per heavy atom. The quantitative estimate of drug-likeness (QED) is 0.563. The van der Waals surface area contributed by atoms with Gasteiger partial charge in [0.1, 0.15) is 11.6 Å². The molecule has 1 amide bonds. The van der Waals surface area contributed by atoms with Crippen LogP contribution >= 0.6 is 0 Å². The summed E-state index contributed by atoms with van der Waals surface area (Å²) in [6, 6.07) is 14.2. The number of aryl methyl sites for hydroxylation is 2. The summed E-state index contributed by atoms with van der Waals surface area (Å²) in [7, 11) is 0. The van der Waals surface area contributed by atoms with Gasteiger partial charge in [-0.2, -0.15) is 0 Å². The predicted octanol–water partition coefficient (Wildman–Crippen LogP) is 5.12. The molecule has 31 heavy (non-hydrogen) atoms. The maximum Gasteiger partial charge on any atom is 0.273 e. The molecule has 158 valence electrons. The largest absolute Gasteiger partial charge is 0.494 e. The molecule has 5 nitrogen and oxygen atoms in total. The van der Waals surface area contributed by atoms with E-state index in [1.54, 1.807) is 0 Å². The van der Waals surface area contributed by atoms with Crippen LogP contribution < -0.4 is 4.74 Å². The van der Waals surface area contributed by atoms with Gasteiger partial charge in [0.25, 0.3) is 5.91 Å². The number of aliphatic imine (C=N–C) groups is 1. The summed E-state index contributed by atoms with van der Waals surface area (Å²) in [4.78, 5) is 26.5. The number of rotatable bonds is 6. The lowest BCUT2D eigenvalue weighted by Gasteiger charge is -2.17. The Hall–Kier alpha value is -3.34. The van der Waals surface area contributed by atoms with Crippen molar-refractivity contribution in [2.75, 3.05) is 6.61 Å². The molecule has 0 N–H and O–H groups in total. The van der Waals surface area contributed by atoms with Crippen LogP contribution in [-0.4, -0.2) is 28.2 Å². The molecule has 4 rings (SSSR count). The van der Waals surface area contributed by atoms with Crippen LogP contribution in [-0.2, 0) is 17.6 Å². The second-order valence-corrected chi connectivity index (χ2v) is 8.10. The van der Waals surface area contributed by atoms with Crippen LogP contribution in [0.1, 0.15) is 42.9 Å². The molecule has 0 aliphatic carbocycles. The van der Waals surface area contributed by atoms with Gasteiger partial charge in [0.05, 0.1) is 12.1 Å². The Labute approximate surface area is 182 Å². The van der Waals surface area contributed by atoms with Gasteiger partial charge in [-0.3, -0.25) is 4.79 Å². The number of fused-ring (bicyclic) bond motifs is 1. The van der Waals surface area contributed by atoms with Gasteiger partial charge in [0.2, 0.25) is 0 Å². The Bertz CT molecular complexity index is 1210. The lowest BCUT2D eigenvalue weighted by atomic mass is 9.93. The number of carbonyl (C=O) groups is 1. The van der Waals surface area contributed by atoms with Crippen molar-refractivity contribution < 1.29 is 9.53 Å². The van der Waals surface area contributed by atoms with Crippen LogP contribution in [0.25, 0.3) is 10.9 Å². The number of nitrogens with zero attached hydrogens (tertiary/aromatic N) is 3. The highest BCUT2D eigenvalue weighted by atomic mass is 16.5. The van der Waals surface area contributed by atoms with Crippen LogP contribution in [0, 0.1) is 13.8 Å². The van der Waals surface area contributed by atoms with E-state index in [0.717, 1.165) is 44.8 Å². The number of dihydropyridines is 1. The molecule has 1 aliphatic heterocycles. The van der Waals surface area contributed by atoms with Gasteiger partial charge < -0.3 is 4.74 Å². The minimum absolute atomic E-state index is 0.141. The Morgan fingerprint density at radius 1 is 0.968 bits per heavy atom. The van der Waals surface area contributed by atoms with Crippen molar-refractivity contribution in [3.8, 4) is 5.75 Å². The molecule has 1 aromatic heterocycles. The highest BCUT2D eigenvalue weighted by Crippen LogP contribution is 2.25. The Kier molecular flexibility index (Phi) is 5.94. The molecule has 2 heterocycles. The van der Waals surface area contributed by atoms with E-state index >= 15 is 0 Å². The summed E-state index contributed by atoms with van der Waals surface area (Å²) in [5.41, 5.74) is 6.81. The van der Waals surface area contributed by atoms with Gasteiger partial charge >= 0.3 is 0 Å². The van der Waals surface area contributed by atoms with Gasteiger partial charge in [-0.15, -0.1) is 0 Å². The Morgan fingerprint density at radius 3 is 2.45 bits per heavy atom. The number of hydrogen-bond acceptors (Lipinski definition) is 4. The zero-order chi connectivity index (χ0) is 22.0. The van der Waals surface area contributed by atoms with E-state index in [9.17, 15) is 4.79 Å². The maximum atomic E-state index is 12.8. The standard InChI is InChI=1S/C26H27N3O2/c1-5-31-21-10-11-24-23(15-21)18(4)27-25(29-24)14-20-12-17(3)22(26(30)28-20)13-19-8-6-16(2)7-9-19/h6-11,15H,5,12-14H2,1-4H3. The molecular formula is C26H27N3O2. The second kappa shape index (κ2) is 8.80. The minimum Gasteiger partial charge on any atom is -0.494 e. The molecule has 0 unspecified atom stereocenters. The van der Waals surface area contributed by atoms with Crippen molar-refractivity contribution in [3.05, 3.63) is 76.3 Å². The molecular weight excluding hydrogens is 386 g/mol. The third kappa shape index (κ3) is 4.71. The lowest BCUT2D eigenvalue weighted by Crippen LogP contribution is -2.19. The van der Waals surface area contributed by atoms with Crippen LogP contribution in [0.3, 0.4) is 0 Å². The molecule has 0 atom stereocenters. The maximum absolute atomic E-state index is 12.8. The molecule has 0 saturated carbocycles. The normalized spacial score (nSPS) is 14.2. The van der Waals surface area contributed by atoms with Crippen LogP contribution in [0.5, 0.6) is 5.75 Å². The van der Waals surface area contributed by atoms with Crippen molar-refractivity contribution in [3.63, 3.8) is 0 Å². The monoisotopic (exact) mass is 413 g/mol. The lowest BCUT2D eigenvalue weighted by molar-refractivity contribution is -0.114. The van der Waals surface area contributed by atoms with E-state index < -0.39 is 0 Å². The molecule has 5 heteroatoms. The number of benzene rings is 2. The third-order valence-corrected chi connectivity index (χ3v) is 5.58. The zero-order valence-electron chi connectivity index (χ0n) is 18.5. The minimum atomic E-state index is -0.141. The summed E-state index contributed by atoms with van der Waals surface area (Å²) in [6.45, 7) is 8.65. The average Bonchev–Trinajstić information content (AvgIpc) is 2.73. The molecule has 0 spiro atoms. The fraction of sp³-hybridized carbons (Fsp3) is 0.308. The van der Waals surface area contributed by atoms with E-state index in [1.165, 1.54) is 5.56 Å². The fourth-order valence-corrected chi connectivity index (χ4v) is 3.92. The number of amides is 1. The number of ether oxygens (including phenoxy) is 1. The van der Waals surface area contributed by atoms with Gasteiger partial charge in [-0.25, -0.2) is 15.0 Å². The molecule has 2 aromatic carbocycles. The molecule has 1 aliphatic rings. The molecule has 0 radical (unpaired) electrons. The second-order valence-electron chi connectivity index (χ2n) is 8.10. The van der Waals surface area contributed by atoms with Crippen molar-refractivity contribution in [2.45, 2.75) is 47.0 Å². The number of carbonyl (C=O) groups excluding carboxylic acids is 1. The smallest absolute Gasteiger partial charge is 0.273 e. The molecule has 0 bridgehead atoms. The Balaban J connectivity index is 1.52. The van der Waals surface area contributed by atoms with Crippen LogP contribution in [0.2, 0.25) is 0 Å². The first kappa shape index (κ1) is 20.9. The zero-order valence-corrected chi connectivity index (χ0v) is 18.5. The van der Waals surface area contributed by atoms with E-state index in [1.807, 2.05) is 39.0 Å². The van der Waals surface area contributed by atoms with E-state index in [2.05, 4.69) is 41.2 Å². The number of allylic oxidation sites excluding steroid dienone is 1.